The molecular formula is C18H25N3O4. The number of morpholine rings is 1. The van der Waals surface area contributed by atoms with Gasteiger partial charge in [0.15, 0.2) is 5.60 Å². The van der Waals surface area contributed by atoms with Gasteiger partial charge < -0.3 is 20.1 Å². The minimum atomic E-state index is -1.02. The summed E-state index contributed by atoms with van der Waals surface area (Å²) in [6.45, 7) is 7.44. The van der Waals surface area contributed by atoms with E-state index in [4.69, 9.17) is 15.2 Å². The van der Waals surface area contributed by atoms with Gasteiger partial charge in [-0.15, -0.1) is 0 Å². The van der Waals surface area contributed by atoms with Crippen LogP contribution in [-0.2, 0) is 14.3 Å². The van der Waals surface area contributed by atoms with Crippen molar-refractivity contribution in [3.05, 3.63) is 23.8 Å². The fourth-order valence-corrected chi connectivity index (χ4v) is 3.07. The first-order valence-electron chi connectivity index (χ1n) is 8.55. The number of nitrogens with zero attached hydrogens (tertiary/aromatic N) is 2. The molecule has 0 aliphatic carbocycles. The molecule has 1 saturated heterocycles. The molecule has 2 amide bonds. The molecule has 0 spiro atoms. The number of fused-ring (bicyclic) bond motifs is 1. The molecule has 1 fully saturated rings. The maximum Gasteiger partial charge on any atom is 0.271 e. The Hall–Kier alpha value is -2.12. The third-order valence-corrected chi connectivity index (χ3v) is 4.58. The molecule has 2 aliphatic rings. The molecule has 0 saturated carbocycles. The molecule has 1 atom stereocenters. The van der Waals surface area contributed by atoms with Gasteiger partial charge in [-0.25, -0.2) is 0 Å². The third kappa shape index (κ3) is 3.48. The summed E-state index contributed by atoms with van der Waals surface area (Å²) in [5.74, 6) is 0.263. The minimum Gasteiger partial charge on any atom is -0.476 e. The molecule has 1 aromatic rings. The smallest absolute Gasteiger partial charge is 0.271 e. The van der Waals surface area contributed by atoms with Crippen LogP contribution < -0.4 is 15.4 Å². The fourth-order valence-electron chi connectivity index (χ4n) is 3.07. The maximum atomic E-state index is 12.9. The number of carbonyl (C=O) groups is 2. The van der Waals surface area contributed by atoms with Gasteiger partial charge in [-0.05, 0) is 38.5 Å². The van der Waals surface area contributed by atoms with Crippen molar-refractivity contribution in [3.63, 3.8) is 0 Å². The standard InChI is InChI=1S/C18H25N3O4/c1-12(19)13-4-5-15-14(10-13)21(17(23)18(2,3)25-15)11-16(22)20-6-8-24-9-7-20/h4-5,10,12H,6-9,11,19H2,1-3H3. The molecule has 3 rings (SSSR count). The molecule has 136 valence electrons. The van der Waals surface area contributed by atoms with Gasteiger partial charge in [-0.1, -0.05) is 6.07 Å². The van der Waals surface area contributed by atoms with Gasteiger partial charge in [-0.3, -0.25) is 14.5 Å². The first-order chi connectivity index (χ1) is 11.8. The van der Waals surface area contributed by atoms with Crippen LogP contribution in [-0.4, -0.2) is 55.2 Å². The fraction of sp³-hybridized carbons (Fsp3) is 0.556. The molecule has 0 radical (unpaired) electrons. The Balaban J connectivity index is 1.92. The predicted molar refractivity (Wildman–Crippen MR) is 93.5 cm³/mol. The maximum absolute atomic E-state index is 12.9. The number of hydrogen-bond acceptors (Lipinski definition) is 5. The highest BCUT2D eigenvalue weighted by molar-refractivity contribution is 6.05. The van der Waals surface area contributed by atoms with E-state index in [-0.39, 0.29) is 24.4 Å². The molecule has 0 aromatic heterocycles. The molecule has 1 aromatic carbocycles. The quantitative estimate of drug-likeness (QED) is 0.884. The normalized spacial score (nSPS) is 20.7. The Labute approximate surface area is 147 Å². The second-order valence-corrected chi connectivity index (χ2v) is 7.01. The van der Waals surface area contributed by atoms with Crippen LogP contribution >= 0.6 is 0 Å². The molecule has 2 N–H and O–H groups in total. The Morgan fingerprint density at radius 3 is 2.64 bits per heavy atom. The van der Waals surface area contributed by atoms with Crippen LogP contribution in [0.3, 0.4) is 0 Å². The van der Waals surface area contributed by atoms with E-state index in [1.54, 1.807) is 18.7 Å². The molecule has 0 bridgehead atoms. The molecule has 7 nitrogen and oxygen atoms in total. The molecule has 2 aliphatic heterocycles. The first kappa shape index (κ1) is 17.7. The lowest BCUT2D eigenvalue weighted by atomic mass is 10.0. The van der Waals surface area contributed by atoms with E-state index in [0.717, 1.165) is 5.56 Å². The summed E-state index contributed by atoms with van der Waals surface area (Å²) in [6, 6.07) is 5.36. The number of rotatable bonds is 3. The van der Waals surface area contributed by atoms with Crippen LogP contribution in [0.4, 0.5) is 5.69 Å². The van der Waals surface area contributed by atoms with Crippen molar-refractivity contribution in [2.24, 2.45) is 5.73 Å². The lowest BCUT2D eigenvalue weighted by molar-refractivity contribution is -0.138. The number of ether oxygens (including phenoxy) is 2. The Bertz CT molecular complexity index is 681. The zero-order valence-corrected chi connectivity index (χ0v) is 14.9. The van der Waals surface area contributed by atoms with E-state index in [1.807, 2.05) is 25.1 Å². The minimum absolute atomic E-state index is 0.0129. The molecule has 1 unspecified atom stereocenters. The molecule has 25 heavy (non-hydrogen) atoms. The highest BCUT2D eigenvalue weighted by Crippen LogP contribution is 2.39. The number of hydrogen-bond donors (Lipinski definition) is 1. The Kier molecular flexibility index (Phi) is 4.71. The second-order valence-electron chi connectivity index (χ2n) is 7.01. The monoisotopic (exact) mass is 347 g/mol. The summed E-state index contributed by atoms with van der Waals surface area (Å²) >= 11 is 0. The SMILES string of the molecule is CC(N)c1ccc2c(c1)N(CC(=O)N1CCOCC1)C(=O)C(C)(C)O2. The summed E-state index contributed by atoms with van der Waals surface area (Å²) in [5.41, 5.74) is 6.43. The topological polar surface area (TPSA) is 85.1 Å². The zero-order chi connectivity index (χ0) is 18.2. The van der Waals surface area contributed by atoms with Gasteiger partial charge in [0.05, 0.1) is 18.9 Å². The largest absolute Gasteiger partial charge is 0.476 e. The predicted octanol–water partition coefficient (Wildman–Crippen LogP) is 1.07. The van der Waals surface area contributed by atoms with Gasteiger partial charge in [0.1, 0.15) is 12.3 Å². The summed E-state index contributed by atoms with van der Waals surface area (Å²) < 4.78 is 11.1. The van der Waals surface area contributed by atoms with Gasteiger partial charge in [0, 0.05) is 19.1 Å². The van der Waals surface area contributed by atoms with E-state index in [0.29, 0.717) is 37.7 Å². The third-order valence-electron chi connectivity index (χ3n) is 4.58. The zero-order valence-electron chi connectivity index (χ0n) is 14.9. The van der Waals surface area contributed by atoms with E-state index < -0.39 is 5.60 Å². The van der Waals surface area contributed by atoms with Crippen molar-refractivity contribution >= 4 is 17.5 Å². The van der Waals surface area contributed by atoms with Gasteiger partial charge in [-0.2, -0.15) is 0 Å². The number of anilines is 1. The van der Waals surface area contributed by atoms with Crippen molar-refractivity contribution < 1.29 is 19.1 Å². The first-order valence-corrected chi connectivity index (χ1v) is 8.55. The van der Waals surface area contributed by atoms with E-state index >= 15 is 0 Å². The highest BCUT2D eigenvalue weighted by Gasteiger charge is 2.42. The lowest BCUT2D eigenvalue weighted by Gasteiger charge is -2.39. The van der Waals surface area contributed by atoms with Gasteiger partial charge in [0.2, 0.25) is 5.91 Å². The van der Waals surface area contributed by atoms with Crippen LogP contribution in [0.25, 0.3) is 0 Å². The summed E-state index contributed by atoms with van der Waals surface area (Å²) in [6.07, 6.45) is 0. The second kappa shape index (κ2) is 6.65. The van der Waals surface area contributed by atoms with Crippen molar-refractivity contribution in [3.8, 4) is 5.75 Å². The Morgan fingerprint density at radius 2 is 2.00 bits per heavy atom. The van der Waals surface area contributed by atoms with Gasteiger partial charge in [0.25, 0.3) is 5.91 Å². The average molecular weight is 347 g/mol. The van der Waals surface area contributed by atoms with Crippen molar-refractivity contribution in [2.75, 3.05) is 37.7 Å². The van der Waals surface area contributed by atoms with E-state index in [1.165, 1.54) is 4.90 Å². The molecule has 2 heterocycles. The van der Waals surface area contributed by atoms with Crippen molar-refractivity contribution in [1.82, 2.24) is 4.90 Å². The van der Waals surface area contributed by atoms with Crippen LogP contribution in [0, 0.1) is 0 Å². The van der Waals surface area contributed by atoms with E-state index in [9.17, 15) is 9.59 Å². The summed E-state index contributed by atoms with van der Waals surface area (Å²) in [5, 5.41) is 0. The Morgan fingerprint density at radius 1 is 1.32 bits per heavy atom. The number of benzene rings is 1. The van der Waals surface area contributed by atoms with Crippen LogP contribution in [0.5, 0.6) is 5.75 Å². The number of amides is 2. The van der Waals surface area contributed by atoms with Crippen molar-refractivity contribution in [2.45, 2.75) is 32.4 Å². The number of nitrogens with two attached hydrogens (primary N) is 1. The van der Waals surface area contributed by atoms with Crippen LogP contribution in [0.2, 0.25) is 0 Å². The number of carbonyl (C=O) groups excluding carboxylic acids is 2. The lowest BCUT2D eigenvalue weighted by Crippen LogP contribution is -2.56. The average Bonchev–Trinajstić information content (AvgIpc) is 2.59. The van der Waals surface area contributed by atoms with Crippen LogP contribution in [0.15, 0.2) is 18.2 Å². The van der Waals surface area contributed by atoms with Crippen LogP contribution in [0.1, 0.15) is 32.4 Å². The van der Waals surface area contributed by atoms with Gasteiger partial charge >= 0.3 is 0 Å². The van der Waals surface area contributed by atoms with E-state index in [2.05, 4.69) is 0 Å². The highest BCUT2D eigenvalue weighted by atomic mass is 16.5. The molecular weight excluding hydrogens is 322 g/mol. The summed E-state index contributed by atoms with van der Waals surface area (Å²) in [4.78, 5) is 28.8. The van der Waals surface area contributed by atoms with Crippen molar-refractivity contribution in [1.29, 1.82) is 0 Å². The summed E-state index contributed by atoms with van der Waals surface area (Å²) in [7, 11) is 0. The molecule has 7 heteroatoms.